The van der Waals surface area contributed by atoms with Crippen molar-refractivity contribution in [1.82, 2.24) is 8.87 Å². The van der Waals surface area contributed by atoms with E-state index in [-0.39, 0.29) is 29.4 Å². The summed E-state index contributed by atoms with van der Waals surface area (Å²) in [4.78, 5) is 17.5. The summed E-state index contributed by atoms with van der Waals surface area (Å²) in [6.07, 6.45) is 0.817. The number of halogens is 2. The fraction of sp³-hybridized carbons (Fsp3) is 0.333. The van der Waals surface area contributed by atoms with E-state index in [9.17, 15) is 22.0 Å². The third kappa shape index (κ3) is 4.25. The lowest BCUT2D eigenvalue weighted by Gasteiger charge is -2.21. The molecule has 32 heavy (non-hydrogen) atoms. The van der Waals surface area contributed by atoms with E-state index in [1.165, 1.54) is 25.3 Å². The molecule has 0 saturated carbocycles. The maximum Gasteiger partial charge on any atom is 0.266 e. The molecule has 0 spiro atoms. The molecule has 1 aliphatic rings. The molecule has 1 saturated heterocycles. The minimum atomic E-state index is -4.00. The smallest absolute Gasteiger partial charge is 0.266 e. The van der Waals surface area contributed by atoms with Crippen LogP contribution in [0.4, 0.5) is 8.78 Å². The lowest BCUT2D eigenvalue weighted by Crippen LogP contribution is -2.40. The first-order valence-corrected chi connectivity index (χ1v) is 12.2. The van der Waals surface area contributed by atoms with Crippen LogP contribution in [0.25, 0.3) is 10.2 Å². The van der Waals surface area contributed by atoms with Gasteiger partial charge in [0.15, 0.2) is 4.80 Å². The summed E-state index contributed by atoms with van der Waals surface area (Å²) in [6, 6.07) is 8.15. The van der Waals surface area contributed by atoms with Crippen LogP contribution in [-0.2, 0) is 26.1 Å². The first kappa shape index (κ1) is 22.7. The largest absolute Gasteiger partial charge is 0.383 e. The van der Waals surface area contributed by atoms with Crippen LogP contribution in [0, 0.1) is 11.6 Å². The van der Waals surface area contributed by atoms with Crippen LogP contribution >= 0.6 is 11.3 Å². The molecule has 0 radical (unpaired) electrons. The van der Waals surface area contributed by atoms with E-state index in [0.29, 0.717) is 23.1 Å². The highest BCUT2D eigenvalue weighted by Crippen LogP contribution is 2.27. The quantitative estimate of drug-likeness (QED) is 0.542. The second kappa shape index (κ2) is 9.18. The lowest BCUT2D eigenvalue weighted by molar-refractivity contribution is -0.121. The average molecular weight is 482 g/mol. The normalized spacial score (nSPS) is 18.0. The van der Waals surface area contributed by atoms with Gasteiger partial charge in [-0.3, -0.25) is 4.79 Å². The van der Waals surface area contributed by atoms with Crippen molar-refractivity contribution in [2.75, 3.05) is 20.3 Å². The summed E-state index contributed by atoms with van der Waals surface area (Å²) in [5.41, 5.74) is 0.323. The molecule has 1 aromatic heterocycles. The van der Waals surface area contributed by atoms with Gasteiger partial charge in [-0.25, -0.2) is 17.2 Å². The Morgan fingerprint density at radius 3 is 2.69 bits per heavy atom. The fourth-order valence-electron chi connectivity index (χ4n) is 3.75. The molecule has 1 aliphatic heterocycles. The van der Waals surface area contributed by atoms with Gasteiger partial charge in [0.1, 0.15) is 17.7 Å². The predicted molar refractivity (Wildman–Crippen MR) is 116 cm³/mol. The van der Waals surface area contributed by atoms with Gasteiger partial charge in [0.05, 0.1) is 21.7 Å². The zero-order chi connectivity index (χ0) is 22.9. The molecular formula is C21H21F2N3O4S2. The summed E-state index contributed by atoms with van der Waals surface area (Å²) < 4.78 is 62.2. The summed E-state index contributed by atoms with van der Waals surface area (Å²) in [5.74, 6) is -1.61. The number of thiazole rings is 1. The minimum absolute atomic E-state index is 0.0855. The van der Waals surface area contributed by atoms with E-state index in [2.05, 4.69) is 4.99 Å². The number of amides is 1. The number of ether oxygens (including phenoxy) is 1. The fourth-order valence-corrected chi connectivity index (χ4v) is 6.47. The summed E-state index contributed by atoms with van der Waals surface area (Å²) in [6.45, 7) is 0.734. The van der Waals surface area contributed by atoms with Gasteiger partial charge in [-0.1, -0.05) is 17.4 Å². The number of carbonyl (C=O) groups is 1. The first-order chi connectivity index (χ1) is 15.3. The van der Waals surface area contributed by atoms with E-state index in [0.717, 1.165) is 27.8 Å². The van der Waals surface area contributed by atoms with Crippen molar-refractivity contribution in [3.05, 3.63) is 58.9 Å². The number of hydrogen-bond acceptors (Lipinski definition) is 5. The molecule has 0 aliphatic carbocycles. The Balaban J connectivity index is 1.72. The van der Waals surface area contributed by atoms with Crippen molar-refractivity contribution in [1.29, 1.82) is 0 Å². The Morgan fingerprint density at radius 2 is 1.97 bits per heavy atom. The molecule has 1 amide bonds. The predicted octanol–water partition coefficient (Wildman–Crippen LogP) is 2.91. The number of benzene rings is 2. The molecule has 4 rings (SSSR count). The van der Waals surface area contributed by atoms with Gasteiger partial charge in [-0.05, 0) is 49.2 Å². The number of sulfonamides is 1. The Morgan fingerprint density at radius 1 is 1.22 bits per heavy atom. The van der Waals surface area contributed by atoms with Crippen LogP contribution < -0.4 is 4.80 Å². The summed E-state index contributed by atoms with van der Waals surface area (Å²) in [5, 5.41) is 0. The number of hydrogen-bond donors (Lipinski definition) is 0. The van der Waals surface area contributed by atoms with Gasteiger partial charge in [-0.2, -0.15) is 9.30 Å². The van der Waals surface area contributed by atoms with Crippen LogP contribution in [0.5, 0.6) is 0 Å². The molecular weight excluding hydrogens is 460 g/mol. The van der Waals surface area contributed by atoms with Gasteiger partial charge in [0.2, 0.25) is 10.0 Å². The third-order valence-corrected chi connectivity index (χ3v) is 8.25. The zero-order valence-electron chi connectivity index (χ0n) is 17.2. The standard InChI is InChI=1S/C21H21F2N3O4S2/c1-30-13-12-25-19-16(23)4-2-6-18(19)31-21(25)24-20(27)17-5-3-11-26(17)32(28,29)15-9-7-14(22)8-10-15/h2,4,6-10,17H,3,5,11-13H2,1H3. The second-order valence-electron chi connectivity index (χ2n) is 7.29. The number of fused-ring (bicyclic) bond motifs is 1. The minimum Gasteiger partial charge on any atom is -0.383 e. The number of rotatable bonds is 6. The van der Waals surface area contributed by atoms with E-state index in [1.807, 2.05) is 0 Å². The van der Waals surface area contributed by atoms with Gasteiger partial charge in [0.25, 0.3) is 5.91 Å². The Hall–Kier alpha value is -2.47. The number of methoxy groups -OCH3 is 1. The van der Waals surface area contributed by atoms with E-state index in [1.54, 1.807) is 16.7 Å². The first-order valence-electron chi connectivity index (χ1n) is 9.95. The van der Waals surface area contributed by atoms with Crippen LogP contribution in [0.15, 0.2) is 52.4 Å². The Bertz CT molecular complexity index is 1320. The Labute approximate surface area is 187 Å². The molecule has 3 aromatic rings. The highest BCUT2D eigenvalue weighted by molar-refractivity contribution is 7.89. The van der Waals surface area contributed by atoms with Crippen LogP contribution in [0.3, 0.4) is 0 Å². The second-order valence-corrected chi connectivity index (χ2v) is 10.2. The number of para-hydroxylation sites is 1. The van der Waals surface area contributed by atoms with E-state index < -0.39 is 33.6 Å². The number of carbonyl (C=O) groups excluding carboxylic acids is 1. The zero-order valence-corrected chi connectivity index (χ0v) is 18.8. The van der Waals surface area contributed by atoms with Crippen molar-refractivity contribution in [3.8, 4) is 0 Å². The molecule has 0 N–H and O–H groups in total. The van der Waals surface area contributed by atoms with Crippen LogP contribution in [0.1, 0.15) is 12.8 Å². The van der Waals surface area contributed by atoms with Crippen molar-refractivity contribution in [2.24, 2.45) is 4.99 Å². The van der Waals surface area contributed by atoms with Crippen molar-refractivity contribution >= 4 is 37.5 Å². The Kier molecular flexibility index (Phi) is 6.52. The van der Waals surface area contributed by atoms with Crippen molar-refractivity contribution in [2.45, 2.75) is 30.3 Å². The molecule has 1 fully saturated rings. The molecule has 11 heteroatoms. The SMILES string of the molecule is COCCn1c(=NC(=O)C2CCCN2S(=O)(=O)c2ccc(F)cc2)sc2cccc(F)c21. The summed E-state index contributed by atoms with van der Waals surface area (Å²) in [7, 11) is -2.48. The van der Waals surface area contributed by atoms with Crippen molar-refractivity contribution in [3.63, 3.8) is 0 Å². The van der Waals surface area contributed by atoms with Gasteiger partial charge in [-0.15, -0.1) is 0 Å². The lowest BCUT2D eigenvalue weighted by atomic mass is 10.2. The average Bonchev–Trinajstić information content (AvgIpc) is 3.39. The topological polar surface area (TPSA) is 81.0 Å². The highest BCUT2D eigenvalue weighted by atomic mass is 32.2. The molecule has 2 heterocycles. The molecule has 1 atom stereocenters. The monoisotopic (exact) mass is 481 g/mol. The molecule has 7 nitrogen and oxygen atoms in total. The molecule has 2 aromatic carbocycles. The highest BCUT2D eigenvalue weighted by Gasteiger charge is 2.39. The third-order valence-electron chi connectivity index (χ3n) is 5.29. The van der Waals surface area contributed by atoms with Gasteiger partial charge >= 0.3 is 0 Å². The molecule has 0 bridgehead atoms. The number of aromatic nitrogens is 1. The van der Waals surface area contributed by atoms with Crippen molar-refractivity contribution < 1.29 is 26.7 Å². The van der Waals surface area contributed by atoms with Gasteiger partial charge < -0.3 is 9.30 Å². The molecule has 1 unspecified atom stereocenters. The van der Waals surface area contributed by atoms with Crippen LogP contribution in [-0.4, -0.2) is 49.5 Å². The molecule has 170 valence electrons. The van der Waals surface area contributed by atoms with E-state index >= 15 is 0 Å². The van der Waals surface area contributed by atoms with Gasteiger partial charge in [0, 0.05) is 20.2 Å². The maximum absolute atomic E-state index is 14.5. The number of nitrogens with zero attached hydrogens (tertiary/aromatic N) is 3. The maximum atomic E-state index is 14.5. The van der Waals surface area contributed by atoms with E-state index in [4.69, 9.17) is 4.74 Å². The summed E-state index contributed by atoms with van der Waals surface area (Å²) >= 11 is 1.15. The van der Waals surface area contributed by atoms with Crippen LogP contribution in [0.2, 0.25) is 0 Å².